The fourth-order valence-corrected chi connectivity index (χ4v) is 3.92. The molecule has 3 rings (SSSR count). The van der Waals surface area contributed by atoms with Crippen molar-refractivity contribution in [2.45, 2.75) is 51.7 Å². The van der Waals surface area contributed by atoms with Crippen LogP contribution in [0.25, 0.3) is 16.7 Å². The summed E-state index contributed by atoms with van der Waals surface area (Å²) < 4.78 is 1.49. The van der Waals surface area contributed by atoms with E-state index < -0.39 is 0 Å². The number of nitrogens with one attached hydrogen (secondary N) is 1. The van der Waals surface area contributed by atoms with Crippen molar-refractivity contribution in [2.75, 3.05) is 5.75 Å². The molecule has 0 spiro atoms. The largest absolute Gasteiger partial charge is 0.353 e. The topological polar surface area (TPSA) is 76.9 Å². The van der Waals surface area contributed by atoms with Gasteiger partial charge in [-0.1, -0.05) is 43.8 Å². The molecule has 0 saturated carbocycles. The van der Waals surface area contributed by atoms with E-state index in [1.807, 2.05) is 38.1 Å². The Morgan fingerprint density at radius 2 is 1.90 bits per heavy atom. The van der Waals surface area contributed by atoms with E-state index in [0.717, 1.165) is 18.4 Å². The minimum Gasteiger partial charge on any atom is -0.353 e. The second-order valence-electron chi connectivity index (χ2n) is 7.97. The molecule has 1 atom stereocenters. The molecule has 158 valence electrons. The van der Waals surface area contributed by atoms with Crippen molar-refractivity contribution < 1.29 is 4.79 Å². The second-order valence-corrected chi connectivity index (χ2v) is 8.92. The molecule has 1 unspecified atom stereocenters. The molecule has 30 heavy (non-hydrogen) atoms. The van der Waals surface area contributed by atoms with Crippen molar-refractivity contribution >= 4 is 28.6 Å². The molecule has 1 amide bonds. The molecular weight excluding hydrogens is 396 g/mol. The fourth-order valence-electron chi connectivity index (χ4n) is 3.11. The number of rotatable bonds is 8. The van der Waals surface area contributed by atoms with Gasteiger partial charge in [0.25, 0.3) is 5.56 Å². The average Bonchev–Trinajstić information content (AvgIpc) is 2.72. The third-order valence-electron chi connectivity index (χ3n) is 4.79. The highest BCUT2D eigenvalue weighted by Crippen LogP contribution is 2.20. The zero-order valence-corrected chi connectivity index (χ0v) is 18.7. The second kappa shape index (κ2) is 9.89. The third kappa shape index (κ3) is 5.48. The van der Waals surface area contributed by atoms with Crippen LogP contribution in [0.3, 0.4) is 0 Å². The average molecular weight is 425 g/mol. The molecule has 0 aliphatic rings. The van der Waals surface area contributed by atoms with Crippen LogP contribution in [0.15, 0.2) is 52.5 Å². The number of nitrogens with zero attached hydrogens (tertiary/aromatic N) is 3. The maximum Gasteiger partial charge on any atom is 0.267 e. The van der Waals surface area contributed by atoms with E-state index in [9.17, 15) is 9.59 Å². The van der Waals surface area contributed by atoms with Gasteiger partial charge in [0.15, 0.2) is 5.16 Å². The standard InChI is InChI=1S/C23H28N4O2S/c1-15(2)9-11-17(4)25-21(28)14-30-23-26-19-8-6-5-7-18(19)22(29)27(23)20-12-10-16(3)13-24-20/h5-8,10,12-13,15,17H,9,11,14H2,1-4H3,(H,25,28). The lowest BCUT2D eigenvalue weighted by atomic mass is 10.0. The number of thioether (sulfide) groups is 1. The molecular formula is C23H28N4O2S. The summed E-state index contributed by atoms with van der Waals surface area (Å²) in [4.78, 5) is 34.7. The Labute approximate surface area is 181 Å². The van der Waals surface area contributed by atoms with Gasteiger partial charge in [0.1, 0.15) is 5.82 Å². The van der Waals surface area contributed by atoms with Gasteiger partial charge in [-0.3, -0.25) is 9.59 Å². The molecule has 7 heteroatoms. The monoisotopic (exact) mass is 424 g/mol. The molecule has 0 saturated heterocycles. The SMILES string of the molecule is Cc1ccc(-n2c(SCC(=O)NC(C)CCC(C)C)nc3ccccc3c2=O)nc1. The van der Waals surface area contributed by atoms with E-state index in [-0.39, 0.29) is 23.3 Å². The summed E-state index contributed by atoms with van der Waals surface area (Å²) in [6.07, 6.45) is 3.73. The number of pyridine rings is 1. The van der Waals surface area contributed by atoms with Crippen molar-refractivity contribution in [3.05, 3.63) is 58.5 Å². The Kier molecular flexibility index (Phi) is 7.26. The van der Waals surface area contributed by atoms with Crippen LogP contribution in [0, 0.1) is 12.8 Å². The highest BCUT2D eigenvalue weighted by Gasteiger charge is 2.16. The van der Waals surface area contributed by atoms with Crippen molar-refractivity contribution in [3.63, 3.8) is 0 Å². The third-order valence-corrected chi connectivity index (χ3v) is 5.73. The van der Waals surface area contributed by atoms with Crippen molar-refractivity contribution in [1.82, 2.24) is 19.9 Å². The van der Waals surface area contributed by atoms with Gasteiger partial charge in [0.05, 0.1) is 16.7 Å². The van der Waals surface area contributed by atoms with Crippen LogP contribution in [0.4, 0.5) is 0 Å². The zero-order chi connectivity index (χ0) is 21.7. The van der Waals surface area contributed by atoms with Gasteiger partial charge in [-0.2, -0.15) is 0 Å². The van der Waals surface area contributed by atoms with Crippen LogP contribution in [0.2, 0.25) is 0 Å². The van der Waals surface area contributed by atoms with Crippen molar-refractivity contribution in [2.24, 2.45) is 5.92 Å². The van der Waals surface area contributed by atoms with Gasteiger partial charge >= 0.3 is 0 Å². The predicted molar refractivity (Wildman–Crippen MR) is 122 cm³/mol. The summed E-state index contributed by atoms with van der Waals surface area (Å²) >= 11 is 1.25. The molecule has 2 aromatic heterocycles. The Morgan fingerprint density at radius 3 is 2.60 bits per heavy atom. The van der Waals surface area contributed by atoms with E-state index in [1.54, 1.807) is 18.3 Å². The molecule has 3 aromatic rings. The first-order valence-electron chi connectivity index (χ1n) is 10.2. The fraction of sp³-hybridized carbons (Fsp3) is 0.391. The molecule has 0 fully saturated rings. The number of benzene rings is 1. The Balaban J connectivity index is 1.85. The van der Waals surface area contributed by atoms with Crippen LogP contribution in [-0.4, -0.2) is 32.2 Å². The summed E-state index contributed by atoms with van der Waals surface area (Å²) in [5, 5.41) is 4.02. The Hall–Kier alpha value is -2.67. The minimum absolute atomic E-state index is 0.0675. The van der Waals surface area contributed by atoms with E-state index >= 15 is 0 Å². The molecule has 0 bridgehead atoms. The smallest absolute Gasteiger partial charge is 0.267 e. The van der Waals surface area contributed by atoms with Gasteiger partial charge in [-0.25, -0.2) is 14.5 Å². The summed E-state index contributed by atoms with van der Waals surface area (Å²) in [6, 6.07) is 11.0. The van der Waals surface area contributed by atoms with Crippen LogP contribution < -0.4 is 10.9 Å². The maximum absolute atomic E-state index is 13.2. The van der Waals surface area contributed by atoms with Gasteiger partial charge in [-0.15, -0.1) is 0 Å². The number of carbonyl (C=O) groups excluding carboxylic acids is 1. The first-order valence-corrected chi connectivity index (χ1v) is 11.2. The van der Waals surface area contributed by atoms with E-state index in [0.29, 0.717) is 27.8 Å². The van der Waals surface area contributed by atoms with Crippen LogP contribution in [0.5, 0.6) is 0 Å². The number of fused-ring (bicyclic) bond motifs is 1. The Morgan fingerprint density at radius 1 is 1.13 bits per heavy atom. The molecule has 1 aromatic carbocycles. The summed E-state index contributed by atoms with van der Waals surface area (Å²) in [6.45, 7) is 8.31. The number of hydrogen-bond donors (Lipinski definition) is 1. The molecule has 0 radical (unpaired) electrons. The number of aryl methyl sites for hydroxylation is 1. The van der Waals surface area contributed by atoms with Crippen molar-refractivity contribution in [3.8, 4) is 5.82 Å². The maximum atomic E-state index is 13.2. The first-order chi connectivity index (χ1) is 14.3. The van der Waals surface area contributed by atoms with E-state index in [2.05, 4.69) is 29.1 Å². The van der Waals surface area contributed by atoms with Gasteiger partial charge in [0, 0.05) is 12.2 Å². The quantitative estimate of drug-likeness (QED) is 0.435. The lowest BCUT2D eigenvalue weighted by molar-refractivity contribution is -0.119. The molecule has 2 heterocycles. The minimum atomic E-state index is -0.190. The number of hydrogen-bond acceptors (Lipinski definition) is 5. The Bertz CT molecular complexity index is 1080. The summed E-state index contributed by atoms with van der Waals surface area (Å²) in [7, 11) is 0. The number of para-hydroxylation sites is 1. The molecule has 0 aliphatic heterocycles. The van der Waals surface area contributed by atoms with Crippen LogP contribution >= 0.6 is 11.8 Å². The number of aromatic nitrogens is 3. The van der Waals surface area contributed by atoms with Crippen LogP contribution in [0.1, 0.15) is 39.2 Å². The summed E-state index contributed by atoms with van der Waals surface area (Å²) in [5.41, 5.74) is 1.42. The zero-order valence-electron chi connectivity index (χ0n) is 17.9. The molecule has 0 aliphatic carbocycles. The van der Waals surface area contributed by atoms with E-state index in [4.69, 9.17) is 0 Å². The molecule has 1 N–H and O–H groups in total. The number of amides is 1. The van der Waals surface area contributed by atoms with Crippen molar-refractivity contribution in [1.29, 1.82) is 0 Å². The first kappa shape index (κ1) is 22.0. The lowest BCUT2D eigenvalue weighted by Gasteiger charge is -2.16. The van der Waals surface area contributed by atoms with Gasteiger partial charge in [0.2, 0.25) is 5.91 Å². The highest BCUT2D eigenvalue weighted by molar-refractivity contribution is 7.99. The number of carbonyl (C=O) groups is 1. The van der Waals surface area contributed by atoms with Gasteiger partial charge < -0.3 is 5.32 Å². The summed E-state index contributed by atoms with van der Waals surface area (Å²) in [5.74, 6) is 1.22. The highest BCUT2D eigenvalue weighted by atomic mass is 32.2. The lowest BCUT2D eigenvalue weighted by Crippen LogP contribution is -2.34. The molecule has 6 nitrogen and oxygen atoms in total. The van der Waals surface area contributed by atoms with Gasteiger partial charge in [-0.05, 0) is 56.4 Å². The normalized spacial score (nSPS) is 12.3. The van der Waals surface area contributed by atoms with E-state index in [1.165, 1.54) is 16.3 Å². The predicted octanol–water partition coefficient (Wildman–Crippen LogP) is 4.12. The van der Waals surface area contributed by atoms with Crippen LogP contribution in [-0.2, 0) is 4.79 Å².